The number of nitrogens with zero attached hydrogens (tertiary/aromatic N) is 1. The second-order valence-electron chi connectivity index (χ2n) is 5.93. The van der Waals surface area contributed by atoms with Crippen molar-refractivity contribution >= 4 is 17.5 Å². The summed E-state index contributed by atoms with van der Waals surface area (Å²) in [6, 6.07) is 16.6. The maximum absolute atomic E-state index is 12.5. The number of nitrogens with one attached hydrogen (secondary N) is 2. The van der Waals surface area contributed by atoms with Gasteiger partial charge < -0.3 is 15.2 Å². The summed E-state index contributed by atoms with van der Waals surface area (Å²) < 4.78 is 39.2. The van der Waals surface area contributed by atoms with Crippen LogP contribution in [0.25, 0.3) is 5.69 Å². The third-order valence-electron chi connectivity index (χ3n) is 3.99. The van der Waals surface area contributed by atoms with Gasteiger partial charge in [0.2, 0.25) is 0 Å². The maximum atomic E-state index is 12.5. The van der Waals surface area contributed by atoms with E-state index in [1.165, 1.54) is 18.2 Å². The predicted molar refractivity (Wildman–Crippen MR) is 98.1 cm³/mol. The molecule has 3 rings (SSSR count). The minimum Gasteiger partial charge on any atom is -0.348 e. The van der Waals surface area contributed by atoms with Crippen LogP contribution < -0.4 is 10.6 Å². The summed E-state index contributed by atoms with van der Waals surface area (Å²) >= 11 is 0. The molecule has 0 aliphatic rings. The number of alkyl halides is 3. The van der Waals surface area contributed by atoms with Gasteiger partial charge in [0.1, 0.15) is 0 Å². The van der Waals surface area contributed by atoms with E-state index in [4.69, 9.17) is 0 Å². The second kappa shape index (κ2) is 7.99. The van der Waals surface area contributed by atoms with E-state index in [2.05, 4.69) is 5.32 Å². The summed E-state index contributed by atoms with van der Waals surface area (Å²) in [5.74, 6) is -2.44. The Kier molecular flexibility index (Phi) is 5.49. The summed E-state index contributed by atoms with van der Waals surface area (Å²) in [6.45, 7) is -0.0352. The third-order valence-corrected chi connectivity index (χ3v) is 3.99. The molecule has 28 heavy (non-hydrogen) atoms. The van der Waals surface area contributed by atoms with Crippen molar-refractivity contribution in [3.63, 3.8) is 0 Å². The molecule has 2 N–H and O–H groups in total. The van der Waals surface area contributed by atoms with Crippen LogP contribution in [0.4, 0.5) is 18.9 Å². The minimum atomic E-state index is -4.99. The molecule has 0 saturated heterocycles. The quantitative estimate of drug-likeness (QED) is 0.697. The van der Waals surface area contributed by atoms with Gasteiger partial charge in [-0.25, -0.2) is 0 Å². The zero-order chi connectivity index (χ0) is 20.1. The molecule has 0 fully saturated rings. The average molecular weight is 387 g/mol. The van der Waals surface area contributed by atoms with Gasteiger partial charge in [-0.3, -0.25) is 9.59 Å². The molecule has 1 heterocycles. The number of carbonyl (C=O) groups is 2. The average Bonchev–Trinajstić information content (AvgIpc) is 3.21. The highest BCUT2D eigenvalue weighted by atomic mass is 19.4. The van der Waals surface area contributed by atoms with Gasteiger partial charge >= 0.3 is 12.1 Å². The van der Waals surface area contributed by atoms with Crippen LogP contribution in [-0.2, 0) is 11.3 Å². The lowest BCUT2D eigenvalue weighted by molar-refractivity contribution is -0.167. The molecule has 0 atom stereocenters. The number of carbonyl (C=O) groups excluding carboxylic acids is 2. The fraction of sp³-hybridized carbons (Fsp3) is 0.100. The van der Waals surface area contributed by atoms with E-state index in [0.717, 1.165) is 5.69 Å². The maximum Gasteiger partial charge on any atom is 0.471 e. The lowest BCUT2D eigenvalue weighted by atomic mass is 10.1. The van der Waals surface area contributed by atoms with Crippen LogP contribution in [0.5, 0.6) is 0 Å². The summed E-state index contributed by atoms with van der Waals surface area (Å²) in [7, 11) is 0. The number of halogens is 3. The van der Waals surface area contributed by atoms with Crippen molar-refractivity contribution in [3.8, 4) is 5.69 Å². The molecule has 2 amide bonds. The van der Waals surface area contributed by atoms with E-state index in [9.17, 15) is 22.8 Å². The van der Waals surface area contributed by atoms with E-state index < -0.39 is 12.1 Å². The predicted octanol–water partition coefficient (Wildman–Crippen LogP) is 3.91. The molecule has 0 spiro atoms. The van der Waals surface area contributed by atoms with Gasteiger partial charge in [-0.2, -0.15) is 13.2 Å². The van der Waals surface area contributed by atoms with Crippen LogP contribution in [0.15, 0.2) is 73.1 Å². The fourth-order valence-corrected chi connectivity index (χ4v) is 2.56. The Balaban J connectivity index is 1.66. The number of para-hydroxylation sites is 1. The molecule has 2 aromatic carbocycles. The molecule has 0 bridgehead atoms. The zero-order valence-electron chi connectivity index (χ0n) is 14.5. The molecule has 0 saturated carbocycles. The highest BCUT2D eigenvalue weighted by Gasteiger charge is 2.38. The van der Waals surface area contributed by atoms with Crippen molar-refractivity contribution < 1.29 is 22.8 Å². The molecule has 3 aromatic rings. The van der Waals surface area contributed by atoms with Gasteiger partial charge in [0.15, 0.2) is 0 Å². The van der Waals surface area contributed by atoms with Crippen LogP contribution in [0.2, 0.25) is 0 Å². The molecule has 0 unspecified atom stereocenters. The highest BCUT2D eigenvalue weighted by molar-refractivity contribution is 5.96. The lowest BCUT2D eigenvalue weighted by Gasteiger charge is -2.13. The topological polar surface area (TPSA) is 63.1 Å². The van der Waals surface area contributed by atoms with Gasteiger partial charge in [0, 0.05) is 35.9 Å². The Bertz CT molecular complexity index is 965. The van der Waals surface area contributed by atoms with Crippen molar-refractivity contribution in [3.05, 3.63) is 84.2 Å². The molecular formula is C20H16F3N3O2. The van der Waals surface area contributed by atoms with Gasteiger partial charge in [-0.15, -0.1) is 0 Å². The van der Waals surface area contributed by atoms with E-state index in [1.54, 1.807) is 30.3 Å². The lowest BCUT2D eigenvalue weighted by Crippen LogP contribution is -2.31. The number of aromatic nitrogens is 1. The van der Waals surface area contributed by atoms with Gasteiger partial charge in [-0.05, 0) is 48.0 Å². The van der Waals surface area contributed by atoms with Crippen molar-refractivity contribution in [2.24, 2.45) is 0 Å². The van der Waals surface area contributed by atoms with Crippen LogP contribution in [0.3, 0.4) is 0 Å². The number of amides is 2. The summed E-state index contributed by atoms with van der Waals surface area (Å²) in [6.07, 6.45) is -1.24. The Morgan fingerprint density at radius 1 is 0.893 bits per heavy atom. The molecule has 1 aromatic heterocycles. The van der Waals surface area contributed by atoms with Crippen molar-refractivity contribution in [2.75, 3.05) is 5.32 Å². The van der Waals surface area contributed by atoms with E-state index in [-0.39, 0.29) is 18.1 Å². The standard InChI is InChI=1S/C20H16F3N3O2/c21-20(22,23)19(28)25-17-6-2-1-5-15(17)13-24-18(27)14-7-9-16(10-8-14)26-11-3-4-12-26/h1-12H,13H2,(H,24,27)(H,25,28). The van der Waals surface area contributed by atoms with Gasteiger partial charge in [0.05, 0.1) is 0 Å². The molecule has 8 heteroatoms. The molecule has 0 aliphatic carbocycles. The van der Waals surface area contributed by atoms with Crippen LogP contribution in [-0.4, -0.2) is 22.6 Å². The Labute approximate surface area is 158 Å². The Hall–Kier alpha value is -3.55. The first-order valence-electron chi connectivity index (χ1n) is 8.32. The fourth-order valence-electron chi connectivity index (χ4n) is 2.56. The second-order valence-corrected chi connectivity index (χ2v) is 5.93. The highest BCUT2D eigenvalue weighted by Crippen LogP contribution is 2.21. The number of hydrogen-bond donors (Lipinski definition) is 2. The van der Waals surface area contributed by atoms with Gasteiger partial charge in [0.25, 0.3) is 5.91 Å². The smallest absolute Gasteiger partial charge is 0.348 e. The van der Waals surface area contributed by atoms with Gasteiger partial charge in [-0.1, -0.05) is 18.2 Å². The van der Waals surface area contributed by atoms with Crippen LogP contribution >= 0.6 is 0 Å². The molecule has 5 nitrogen and oxygen atoms in total. The summed E-state index contributed by atoms with van der Waals surface area (Å²) in [4.78, 5) is 23.5. The van der Waals surface area contributed by atoms with E-state index in [0.29, 0.717) is 11.1 Å². The Morgan fingerprint density at radius 3 is 2.18 bits per heavy atom. The van der Waals surface area contributed by atoms with Crippen LogP contribution in [0.1, 0.15) is 15.9 Å². The Morgan fingerprint density at radius 2 is 1.54 bits per heavy atom. The monoisotopic (exact) mass is 387 g/mol. The summed E-state index contributed by atoms with van der Waals surface area (Å²) in [5, 5.41) is 4.46. The van der Waals surface area contributed by atoms with E-state index in [1.807, 2.05) is 34.4 Å². The first-order chi connectivity index (χ1) is 13.3. The molecule has 0 radical (unpaired) electrons. The SMILES string of the molecule is O=C(NCc1ccccc1NC(=O)C(F)(F)F)c1ccc(-n2cccc2)cc1. The number of benzene rings is 2. The largest absolute Gasteiger partial charge is 0.471 e. The van der Waals surface area contributed by atoms with Crippen LogP contribution in [0, 0.1) is 0 Å². The number of rotatable bonds is 5. The normalized spacial score (nSPS) is 11.1. The first kappa shape index (κ1) is 19.2. The molecular weight excluding hydrogens is 371 g/mol. The van der Waals surface area contributed by atoms with Crippen molar-refractivity contribution in [2.45, 2.75) is 12.7 Å². The van der Waals surface area contributed by atoms with Crippen molar-refractivity contribution in [1.82, 2.24) is 9.88 Å². The zero-order valence-corrected chi connectivity index (χ0v) is 14.5. The molecule has 144 valence electrons. The summed E-state index contributed by atoms with van der Waals surface area (Å²) in [5.41, 5.74) is 1.65. The first-order valence-corrected chi connectivity index (χ1v) is 8.32. The third kappa shape index (κ3) is 4.59. The molecule has 0 aliphatic heterocycles. The number of anilines is 1. The van der Waals surface area contributed by atoms with E-state index >= 15 is 0 Å². The minimum absolute atomic E-state index is 0.00641. The number of hydrogen-bond acceptors (Lipinski definition) is 2. The van der Waals surface area contributed by atoms with Crippen molar-refractivity contribution in [1.29, 1.82) is 0 Å².